The molecular formula is C16H27NO2. The van der Waals surface area contributed by atoms with E-state index in [4.69, 9.17) is 15.2 Å². The lowest BCUT2D eigenvalue weighted by atomic mass is 9.96. The summed E-state index contributed by atoms with van der Waals surface area (Å²) in [5.41, 5.74) is 7.08. The predicted octanol–water partition coefficient (Wildman–Crippen LogP) is 2.88. The quantitative estimate of drug-likeness (QED) is 0.698. The van der Waals surface area contributed by atoms with E-state index in [1.807, 2.05) is 18.2 Å². The number of rotatable bonds is 9. The Morgan fingerprint density at radius 1 is 1.21 bits per heavy atom. The predicted molar refractivity (Wildman–Crippen MR) is 79.5 cm³/mol. The summed E-state index contributed by atoms with van der Waals surface area (Å²) in [5, 5.41) is 0. The molecule has 0 aromatic heterocycles. The van der Waals surface area contributed by atoms with Crippen molar-refractivity contribution < 1.29 is 9.47 Å². The summed E-state index contributed by atoms with van der Waals surface area (Å²) < 4.78 is 11.0. The molecule has 2 N–H and O–H groups in total. The van der Waals surface area contributed by atoms with Gasteiger partial charge in [-0.2, -0.15) is 0 Å². The molecule has 3 heteroatoms. The van der Waals surface area contributed by atoms with E-state index in [0.717, 1.165) is 31.8 Å². The molecule has 1 atom stereocenters. The summed E-state index contributed by atoms with van der Waals surface area (Å²) in [6.07, 6.45) is 1.95. The van der Waals surface area contributed by atoms with Crippen LogP contribution in [0.2, 0.25) is 0 Å². The number of hydrogen-bond acceptors (Lipinski definition) is 3. The minimum absolute atomic E-state index is 0.448. The number of nitrogens with two attached hydrogens (primary N) is 1. The summed E-state index contributed by atoms with van der Waals surface area (Å²) >= 11 is 0. The third-order valence-corrected chi connectivity index (χ3v) is 3.16. The van der Waals surface area contributed by atoms with Crippen LogP contribution >= 0.6 is 0 Å². The van der Waals surface area contributed by atoms with Crippen molar-refractivity contribution in [1.29, 1.82) is 0 Å². The summed E-state index contributed by atoms with van der Waals surface area (Å²) in [6.45, 7) is 6.62. The third-order valence-electron chi connectivity index (χ3n) is 3.16. The number of para-hydroxylation sites is 1. The standard InChI is InChI=1S/C16H27NO2/c1-13(2)12-19-9-8-14(11-17)10-15-6-4-5-7-16(15)18-3/h4-7,13-14H,8-12,17H2,1-3H3. The summed E-state index contributed by atoms with van der Waals surface area (Å²) in [7, 11) is 1.71. The lowest BCUT2D eigenvalue weighted by Crippen LogP contribution is -2.19. The Hall–Kier alpha value is -1.06. The van der Waals surface area contributed by atoms with Crippen LogP contribution in [0.15, 0.2) is 24.3 Å². The second kappa shape index (κ2) is 8.94. The Kier molecular flexibility index (Phi) is 7.53. The van der Waals surface area contributed by atoms with Crippen LogP contribution < -0.4 is 10.5 Å². The van der Waals surface area contributed by atoms with Gasteiger partial charge < -0.3 is 15.2 Å². The molecule has 3 nitrogen and oxygen atoms in total. The van der Waals surface area contributed by atoms with Crippen LogP contribution in [0.25, 0.3) is 0 Å². The summed E-state index contributed by atoms with van der Waals surface area (Å²) in [4.78, 5) is 0. The maximum absolute atomic E-state index is 5.86. The fourth-order valence-corrected chi connectivity index (χ4v) is 2.05. The first-order valence-electron chi connectivity index (χ1n) is 7.07. The molecule has 0 aliphatic carbocycles. The van der Waals surface area contributed by atoms with Crippen molar-refractivity contribution in [3.8, 4) is 5.75 Å². The highest BCUT2D eigenvalue weighted by atomic mass is 16.5. The van der Waals surface area contributed by atoms with Gasteiger partial charge in [0.05, 0.1) is 7.11 Å². The minimum atomic E-state index is 0.448. The molecule has 1 aromatic rings. The van der Waals surface area contributed by atoms with Crippen molar-refractivity contribution in [2.45, 2.75) is 26.7 Å². The Bertz CT molecular complexity index is 352. The van der Waals surface area contributed by atoms with Crippen molar-refractivity contribution in [1.82, 2.24) is 0 Å². The highest BCUT2D eigenvalue weighted by Crippen LogP contribution is 2.21. The topological polar surface area (TPSA) is 44.5 Å². The van der Waals surface area contributed by atoms with E-state index >= 15 is 0 Å². The van der Waals surface area contributed by atoms with Gasteiger partial charge in [0.2, 0.25) is 0 Å². The van der Waals surface area contributed by atoms with Gasteiger partial charge in [0, 0.05) is 13.2 Å². The molecule has 0 aliphatic heterocycles. The molecule has 0 aliphatic rings. The molecule has 0 amide bonds. The van der Waals surface area contributed by atoms with Gasteiger partial charge in [0.25, 0.3) is 0 Å². The smallest absolute Gasteiger partial charge is 0.122 e. The average Bonchev–Trinajstić information content (AvgIpc) is 2.42. The zero-order valence-corrected chi connectivity index (χ0v) is 12.4. The van der Waals surface area contributed by atoms with Gasteiger partial charge in [-0.1, -0.05) is 32.0 Å². The lowest BCUT2D eigenvalue weighted by molar-refractivity contribution is 0.0984. The third kappa shape index (κ3) is 6.08. The molecule has 1 unspecified atom stereocenters. The second-order valence-electron chi connectivity index (χ2n) is 5.38. The highest BCUT2D eigenvalue weighted by Gasteiger charge is 2.11. The molecule has 1 aromatic carbocycles. The Balaban J connectivity index is 2.43. The normalized spacial score (nSPS) is 12.7. The van der Waals surface area contributed by atoms with Crippen LogP contribution in [0.3, 0.4) is 0 Å². The molecule has 0 spiro atoms. The minimum Gasteiger partial charge on any atom is -0.496 e. The molecule has 19 heavy (non-hydrogen) atoms. The van der Waals surface area contributed by atoms with E-state index < -0.39 is 0 Å². The van der Waals surface area contributed by atoms with Gasteiger partial charge in [-0.3, -0.25) is 0 Å². The molecule has 0 radical (unpaired) electrons. The molecule has 0 fully saturated rings. The lowest BCUT2D eigenvalue weighted by Gasteiger charge is -2.17. The van der Waals surface area contributed by atoms with Crippen LogP contribution in [0.4, 0.5) is 0 Å². The maximum atomic E-state index is 5.86. The van der Waals surface area contributed by atoms with E-state index in [9.17, 15) is 0 Å². The van der Waals surface area contributed by atoms with Crippen molar-refractivity contribution in [2.24, 2.45) is 17.6 Å². The molecule has 0 heterocycles. The van der Waals surface area contributed by atoms with Crippen LogP contribution in [-0.2, 0) is 11.2 Å². The van der Waals surface area contributed by atoms with Gasteiger partial charge in [-0.15, -0.1) is 0 Å². The van der Waals surface area contributed by atoms with Crippen LogP contribution in [0.1, 0.15) is 25.8 Å². The Morgan fingerprint density at radius 3 is 2.58 bits per heavy atom. The van der Waals surface area contributed by atoms with E-state index in [1.165, 1.54) is 5.56 Å². The highest BCUT2D eigenvalue weighted by molar-refractivity contribution is 5.33. The van der Waals surface area contributed by atoms with Crippen LogP contribution in [-0.4, -0.2) is 26.9 Å². The zero-order valence-electron chi connectivity index (χ0n) is 12.4. The van der Waals surface area contributed by atoms with E-state index in [0.29, 0.717) is 18.4 Å². The van der Waals surface area contributed by atoms with Crippen molar-refractivity contribution in [3.05, 3.63) is 29.8 Å². The van der Waals surface area contributed by atoms with Gasteiger partial charge in [-0.05, 0) is 42.9 Å². The van der Waals surface area contributed by atoms with E-state index in [2.05, 4.69) is 19.9 Å². The molecule has 108 valence electrons. The Labute approximate surface area is 117 Å². The number of hydrogen-bond donors (Lipinski definition) is 1. The van der Waals surface area contributed by atoms with E-state index in [1.54, 1.807) is 7.11 Å². The first-order chi connectivity index (χ1) is 9.17. The fourth-order valence-electron chi connectivity index (χ4n) is 2.05. The fraction of sp³-hybridized carbons (Fsp3) is 0.625. The molecule has 0 bridgehead atoms. The van der Waals surface area contributed by atoms with Gasteiger partial charge in [-0.25, -0.2) is 0 Å². The summed E-state index contributed by atoms with van der Waals surface area (Å²) in [5.74, 6) is 1.98. The second-order valence-corrected chi connectivity index (χ2v) is 5.38. The first kappa shape index (κ1) is 16.0. The van der Waals surface area contributed by atoms with Crippen LogP contribution in [0, 0.1) is 11.8 Å². The number of ether oxygens (including phenoxy) is 2. The number of benzene rings is 1. The molecular weight excluding hydrogens is 238 g/mol. The van der Waals surface area contributed by atoms with Crippen LogP contribution in [0.5, 0.6) is 5.75 Å². The number of methoxy groups -OCH3 is 1. The Morgan fingerprint density at radius 2 is 1.95 bits per heavy atom. The van der Waals surface area contributed by atoms with Gasteiger partial charge in [0.15, 0.2) is 0 Å². The van der Waals surface area contributed by atoms with Crippen molar-refractivity contribution in [3.63, 3.8) is 0 Å². The monoisotopic (exact) mass is 265 g/mol. The summed E-state index contributed by atoms with van der Waals surface area (Å²) in [6, 6.07) is 8.14. The first-order valence-corrected chi connectivity index (χ1v) is 7.07. The molecule has 1 rings (SSSR count). The van der Waals surface area contributed by atoms with Gasteiger partial charge in [0.1, 0.15) is 5.75 Å². The molecule has 0 saturated carbocycles. The molecule has 0 saturated heterocycles. The largest absolute Gasteiger partial charge is 0.496 e. The van der Waals surface area contributed by atoms with Gasteiger partial charge >= 0.3 is 0 Å². The average molecular weight is 265 g/mol. The van der Waals surface area contributed by atoms with Crippen molar-refractivity contribution in [2.75, 3.05) is 26.9 Å². The zero-order chi connectivity index (χ0) is 14.1. The van der Waals surface area contributed by atoms with Crippen molar-refractivity contribution >= 4 is 0 Å². The van der Waals surface area contributed by atoms with E-state index in [-0.39, 0.29) is 0 Å². The maximum Gasteiger partial charge on any atom is 0.122 e. The SMILES string of the molecule is COc1ccccc1CC(CN)CCOCC(C)C.